The summed E-state index contributed by atoms with van der Waals surface area (Å²) in [5, 5.41) is 6.54. The van der Waals surface area contributed by atoms with Gasteiger partial charge in [-0.15, -0.1) is 0 Å². The molecule has 1 unspecified atom stereocenters. The summed E-state index contributed by atoms with van der Waals surface area (Å²) in [6.07, 6.45) is 5.86. The average molecular weight is 423 g/mol. The summed E-state index contributed by atoms with van der Waals surface area (Å²) in [6, 6.07) is 10.5. The average Bonchev–Trinajstić information content (AvgIpc) is 2.77. The standard InChI is InChI=1S/C25H34N4O2/c1-18-5-3-7-22(15-18)28-13-9-21(10-14-28)27-24(30)23-19(2)8-12-29(25(23)31)17-20-6-4-11-26-16-20/h3,5,7-8,12,15,20-21,26H,4,6,9-11,13-14,16-17H2,1-2H3,(H,27,30). The second-order valence-corrected chi connectivity index (χ2v) is 9.12. The zero-order valence-electron chi connectivity index (χ0n) is 18.7. The van der Waals surface area contributed by atoms with Gasteiger partial charge in [-0.3, -0.25) is 9.59 Å². The predicted molar refractivity (Wildman–Crippen MR) is 125 cm³/mol. The van der Waals surface area contributed by atoms with Crippen LogP contribution in [-0.2, 0) is 6.54 Å². The van der Waals surface area contributed by atoms with E-state index in [0.717, 1.165) is 57.4 Å². The second-order valence-electron chi connectivity index (χ2n) is 9.12. The molecule has 0 spiro atoms. The highest BCUT2D eigenvalue weighted by Gasteiger charge is 2.24. The topological polar surface area (TPSA) is 66.4 Å². The maximum atomic E-state index is 13.1. The van der Waals surface area contributed by atoms with Crippen LogP contribution in [0.1, 0.15) is 47.2 Å². The number of nitrogens with zero attached hydrogens (tertiary/aromatic N) is 2. The molecule has 4 rings (SSSR count). The minimum atomic E-state index is -0.229. The van der Waals surface area contributed by atoms with Gasteiger partial charge >= 0.3 is 0 Å². The molecule has 31 heavy (non-hydrogen) atoms. The van der Waals surface area contributed by atoms with E-state index in [1.165, 1.54) is 11.3 Å². The molecule has 2 aliphatic heterocycles. The quantitative estimate of drug-likeness (QED) is 0.778. The lowest BCUT2D eigenvalue weighted by Gasteiger charge is -2.34. The number of benzene rings is 1. The Hall–Kier alpha value is -2.60. The van der Waals surface area contributed by atoms with Crippen molar-refractivity contribution in [2.24, 2.45) is 5.92 Å². The van der Waals surface area contributed by atoms with Crippen LogP contribution in [0.4, 0.5) is 5.69 Å². The fourth-order valence-corrected chi connectivity index (χ4v) is 4.81. The van der Waals surface area contributed by atoms with Gasteiger partial charge in [0.1, 0.15) is 5.56 Å². The molecule has 1 amide bonds. The van der Waals surface area contributed by atoms with Crippen molar-refractivity contribution in [3.8, 4) is 0 Å². The summed E-state index contributed by atoms with van der Waals surface area (Å²) in [4.78, 5) is 28.5. The predicted octanol–water partition coefficient (Wildman–Crippen LogP) is 2.86. The van der Waals surface area contributed by atoms with Crippen molar-refractivity contribution >= 4 is 11.6 Å². The number of pyridine rings is 1. The Morgan fingerprint density at radius 1 is 1.16 bits per heavy atom. The summed E-state index contributed by atoms with van der Waals surface area (Å²) >= 11 is 0. The van der Waals surface area contributed by atoms with E-state index >= 15 is 0 Å². The number of aryl methyl sites for hydroxylation is 2. The maximum Gasteiger partial charge on any atom is 0.263 e. The molecule has 6 heteroatoms. The molecular weight excluding hydrogens is 388 g/mol. The van der Waals surface area contributed by atoms with Crippen LogP contribution < -0.4 is 21.1 Å². The van der Waals surface area contributed by atoms with E-state index in [1.54, 1.807) is 4.57 Å². The Morgan fingerprint density at radius 2 is 1.97 bits per heavy atom. The summed E-state index contributed by atoms with van der Waals surface area (Å²) in [6.45, 7) is 8.42. The lowest BCUT2D eigenvalue weighted by atomic mass is 9.99. The van der Waals surface area contributed by atoms with Crippen molar-refractivity contribution < 1.29 is 4.79 Å². The highest BCUT2D eigenvalue weighted by Crippen LogP contribution is 2.21. The van der Waals surface area contributed by atoms with E-state index in [-0.39, 0.29) is 17.5 Å². The van der Waals surface area contributed by atoms with E-state index in [9.17, 15) is 9.59 Å². The summed E-state index contributed by atoms with van der Waals surface area (Å²) < 4.78 is 1.72. The molecule has 2 aromatic rings. The summed E-state index contributed by atoms with van der Waals surface area (Å²) in [5.41, 5.74) is 3.38. The number of piperidine rings is 2. The van der Waals surface area contributed by atoms with Crippen LogP contribution in [0.25, 0.3) is 0 Å². The minimum absolute atomic E-state index is 0.101. The highest BCUT2D eigenvalue weighted by molar-refractivity contribution is 5.95. The third kappa shape index (κ3) is 5.18. The largest absolute Gasteiger partial charge is 0.371 e. The third-order valence-electron chi connectivity index (χ3n) is 6.65. The van der Waals surface area contributed by atoms with Crippen LogP contribution >= 0.6 is 0 Å². The molecule has 2 N–H and O–H groups in total. The first-order valence-electron chi connectivity index (χ1n) is 11.5. The minimum Gasteiger partial charge on any atom is -0.371 e. The molecule has 0 aliphatic carbocycles. The molecule has 0 bridgehead atoms. The Balaban J connectivity index is 1.39. The normalized spacial score (nSPS) is 19.9. The fraction of sp³-hybridized carbons (Fsp3) is 0.520. The van der Waals surface area contributed by atoms with Gasteiger partial charge in [-0.25, -0.2) is 0 Å². The van der Waals surface area contributed by atoms with Gasteiger partial charge in [0.25, 0.3) is 11.5 Å². The third-order valence-corrected chi connectivity index (χ3v) is 6.65. The molecule has 3 heterocycles. The Kier molecular flexibility index (Phi) is 6.76. The number of hydrogen-bond donors (Lipinski definition) is 2. The second kappa shape index (κ2) is 9.69. The number of carbonyl (C=O) groups is 1. The van der Waals surface area contributed by atoms with E-state index in [4.69, 9.17) is 0 Å². The van der Waals surface area contributed by atoms with Gasteiger partial charge in [-0.2, -0.15) is 0 Å². The molecule has 0 saturated carbocycles. The summed E-state index contributed by atoms with van der Waals surface area (Å²) in [5.74, 6) is 0.212. The number of carbonyl (C=O) groups excluding carboxylic acids is 1. The molecule has 2 aliphatic rings. The van der Waals surface area contributed by atoms with Crippen molar-refractivity contribution in [3.05, 3.63) is 63.6 Å². The zero-order chi connectivity index (χ0) is 21.8. The highest BCUT2D eigenvalue weighted by atomic mass is 16.2. The number of nitrogens with one attached hydrogen (secondary N) is 2. The lowest BCUT2D eigenvalue weighted by Crippen LogP contribution is -2.46. The Bertz CT molecular complexity index is 970. The lowest BCUT2D eigenvalue weighted by molar-refractivity contribution is 0.0928. The molecule has 1 atom stereocenters. The van der Waals surface area contributed by atoms with E-state index in [0.29, 0.717) is 18.0 Å². The number of rotatable bonds is 5. The van der Waals surface area contributed by atoms with Gasteiger partial charge in [-0.1, -0.05) is 12.1 Å². The number of hydrogen-bond acceptors (Lipinski definition) is 4. The smallest absolute Gasteiger partial charge is 0.263 e. The van der Waals surface area contributed by atoms with Crippen molar-refractivity contribution in [1.82, 2.24) is 15.2 Å². The van der Waals surface area contributed by atoms with Gasteiger partial charge in [0.05, 0.1) is 0 Å². The van der Waals surface area contributed by atoms with Gasteiger partial charge in [0.15, 0.2) is 0 Å². The Labute approximate surface area is 184 Å². The van der Waals surface area contributed by atoms with Gasteiger partial charge < -0.3 is 20.1 Å². The first kappa shape index (κ1) is 21.6. The molecule has 2 saturated heterocycles. The van der Waals surface area contributed by atoms with E-state index in [2.05, 4.69) is 46.7 Å². The SMILES string of the molecule is Cc1cccc(N2CCC(NC(=O)c3c(C)ccn(CC4CCCNC4)c3=O)CC2)c1. The van der Waals surface area contributed by atoms with Crippen molar-refractivity contribution in [1.29, 1.82) is 0 Å². The molecule has 6 nitrogen and oxygen atoms in total. The molecule has 1 aromatic heterocycles. The van der Waals surface area contributed by atoms with Crippen molar-refractivity contribution in [3.63, 3.8) is 0 Å². The van der Waals surface area contributed by atoms with E-state index < -0.39 is 0 Å². The monoisotopic (exact) mass is 422 g/mol. The molecule has 2 fully saturated rings. The molecule has 0 radical (unpaired) electrons. The van der Waals surface area contributed by atoms with Crippen LogP contribution in [0, 0.1) is 19.8 Å². The molecule has 1 aromatic carbocycles. The van der Waals surface area contributed by atoms with Crippen molar-refractivity contribution in [2.45, 2.75) is 52.1 Å². The van der Waals surface area contributed by atoms with E-state index in [1.807, 2.05) is 19.2 Å². The Morgan fingerprint density at radius 3 is 2.68 bits per heavy atom. The van der Waals surface area contributed by atoms with Crippen LogP contribution in [0.5, 0.6) is 0 Å². The van der Waals surface area contributed by atoms with Gasteiger partial charge in [-0.05, 0) is 87.9 Å². The van der Waals surface area contributed by atoms with Gasteiger partial charge in [0, 0.05) is 37.6 Å². The van der Waals surface area contributed by atoms with Crippen LogP contribution in [0.3, 0.4) is 0 Å². The number of aromatic nitrogens is 1. The maximum absolute atomic E-state index is 13.1. The molecule has 166 valence electrons. The number of anilines is 1. The zero-order valence-corrected chi connectivity index (χ0v) is 18.7. The van der Waals surface area contributed by atoms with Crippen LogP contribution in [-0.4, -0.2) is 42.7 Å². The molecular formula is C25H34N4O2. The fourth-order valence-electron chi connectivity index (χ4n) is 4.81. The first-order chi connectivity index (χ1) is 15.0. The van der Waals surface area contributed by atoms with Crippen molar-refractivity contribution in [2.75, 3.05) is 31.1 Å². The summed E-state index contributed by atoms with van der Waals surface area (Å²) in [7, 11) is 0. The number of amides is 1. The van der Waals surface area contributed by atoms with Crippen LogP contribution in [0.15, 0.2) is 41.3 Å². The van der Waals surface area contributed by atoms with Gasteiger partial charge in [0.2, 0.25) is 0 Å². The first-order valence-corrected chi connectivity index (χ1v) is 11.5. The van der Waals surface area contributed by atoms with Crippen LogP contribution in [0.2, 0.25) is 0 Å².